The van der Waals surface area contributed by atoms with Crippen molar-refractivity contribution < 1.29 is 9.47 Å². The Hall–Kier alpha value is -2.32. The minimum atomic E-state index is 0.126. The molecule has 1 heterocycles. The molecule has 0 fully saturated rings. The zero-order chi connectivity index (χ0) is 13.0. The molecule has 0 aliphatic carbocycles. The van der Waals surface area contributed by atoms with E-state index in [2.05, 4.69) is 9.97 Å². The van der Waals surface area contributed by atoms with Crippen LogP contribution in [-0.4, -0.2) is 17.1 Å². The van der Waals surface area contributed by atoms with Gasteiger partial charge in [-0.25, -0.2) is 4.98 Å². The van der Waals surface area contributed by atoms with Gasteiger partial charge in [-0.1, -0.05) is 11.6 Å². The minimum absolute atomic E-state index is 0.126. The normalized spacial score (nSPS) is 9.61. The van der Waals surface area contributed by atoms with Crippen LogP contribution in [0.2, 0.25) is 5.02 Å². The van der Waals surface area contributed by atoms with E-state index < -0.39 is 0 Å². The van der Waals surface area contributed by atoms with E-state index in [4.69, 9.17) is 26.3 Å². The van der Waals surface area contributed by atoms with Crippen molar-refractivity contribution >= 4 is 11.6 Å². The molecule has 0 saturated heterocycles. The fourth-order valence-electron chi connectivity index (χ4n) is 1.24. The summed E-state index contributed by atoms with van der Waals surface area (Å²) in [4.78, 5) is 7.92. The van der Waals surface area contributed by atoms with Crippen LogP contribution < -0.4 is 9.47 Å². The molecule has 18 heavy (non-hydrogen) atoms. The van der Waals surface area contributed by atoms with Crippen molar-refractivity contribution in [2.75, 3.05) is 7.11 Å². The zero-order valence-corrected chi connectivity index (χ0v) is 10.2. The van der Waals surface area contributed by atoms with Crippen LogP contribution in [0.4, 0.5) is 0 Å². The van der Waals surface area contributed by atoms with Crippen LogP contribution in [-0.2, 0) is 0 Å². The summed E-state index contributed by atoms with van der Waals surface area (Å²) < 4.78 is 10.4. The van der Waals surface area contributed by atoms with Crippen LogP contribution >= 0.6 is 11.6 Å². The molecule has 2 aromatic rings. The van der Waals surface area contributed by atoms with Crippen molar-refractivity contribution in [3.63, 3.8) is 0 Å². The van der Waals surface area contributed by atoms with Crippen molar-refractivity contribution in [3.05, 3.63) is 41.0 Å². The summed E-state index contributed by atoms with van der Waals surface area (Å²) in [6, 6.07) is 8.41. The highest BCUT2D eigenvalue weighted by molar-refractivity contribution is 6.32. The smallest absolute Gasteiger partial charge is 0.325 e. The monoisotopic (exact) mass is 261 g/mol. The number of hydrogen-bond acceptors (Lipinski definition) is 5. The molecule has 2 rings (SSSR count). The van der Waals surface area contributed by atoms with E-state index in [1.807, 2.05) is 6.07 Å². The zero-order valence-electron chi connectivity index (χ0n) is 9.42. The van der Waals surface area contributed by atoms with Crippen LogP contribution in [0, 0.1) is 11.3 Å². The maximum Gasteiger partial charge on any atom is 0.325 e. The molecule has 0 aliphatic rings. The summed E-state index contributed by atoms with van der Waals surface area (Å²) in [5.41, 5.74) is 0.457. The van der Waals surface area contributed by atoms with E-state index in [-0.39, 0.29) is 6.01 Å². The highest BCUT2D eigenvalue weighted by atomic mass is 35.5. The van der Waals surface area contributed by atoms with Crippen LogP contribution in [0.3, 0.4) is 0 Å². The van der Waals surface area contributed by atoms with Gasteiger partial charge in [-0.05, 0) is 18.2 Å². The molecule has 0 amide bonds. The third kappa shape index (κ3) is 2.67. The van der Waals surface area contributed by atoms with Gasteiger partial charge in [0, 0.05) is 12.3 Å². The van der Waals surface area contributed by atoms with Gasteiger partial charge in [-0.3, -0.25) is 0 Å². The molecule has 1 aromatic heterocycles. The first kappa shape index (κ1) is 12.1. The maximum absolute atomic E-state index is 8.72. The molecular formula is C12H8ClN3O2. The van der Waals surface area contributed by atoms with E-state index in [0.717, 1.165) is 0 Å². The Morgan fingerprint density at radius 3 is 2.83 bits per heavy atom. The molecule has 0 unspecified atom stereocenters. The Balaban J connectivity index is 2.26. The standard InChI is InChI=1S/C12H8ClN3O2/c1-17-11-4-5-15-12(16-11)18-10-3-2-8(7-14)6-9(10)13/h2-6H,1H3. The molecule has 0 aliphatic heterocycles. The number of hydrogen-bond donors (Lipinski definition) is 0. The van der Waals surface area contributed by atoms with Gasteiger partial charge in [0.15, 0.2) is 0 Å². The lowest BCUT2D eigenvalue weighted by atomic mass is 10.2. The fraction of sp³-hybridized carbons (Fsp3) is 0.0833. The van der Waals surface area contributed by atoms with E-state index in [1.54, 1.807) is 18.2 Å². The van der Waals surface area contributed by atoms with Gasteiger partial charge >= 0.3 is 6.01 Å². The van der Waals surface area contributed by atoms with Crippen molar-refractivity contribution in [1.82, 2.24) is 9.97 Å². The number of methoxy groups -OCH3 is 1. The Morgan fingerprint density at radius 1 is 1.33 bits per heavy atom. The maximum atomic E-state index is 8.72. The van der Waals surface area contributed by atoms with Gasteiger partial charge < -0.3 is 9.47 Å². The lowest BCUT2D eigenvalue weighted by molar-refractivity contribution is 0.376. The molecule has 0 bridgehead atoms. The molecule has 6 heteroatoms. The summed E-state index contributed by atoms with van der Waals surface area (Å²) >= 11 is 5.97. The molecule has 0 radical (unpaired) electrons. The molecular weight excluding hydrogens is 254 g/mol. The summed E-state index contributed by atoms with van der Waals surface area (Å²) in [7, 11) is 1.50. The molecule has 0 saturated carbocycles. The number of benzene rings is 1. The second kappa shape index (κ2) is 5.34. The third-order valence-electron chi connectivity index (χ3n) is 2.08. The highest BCUT2D eigenvalue weighted by Gasteiger charge is 2.07. The van der Waals surface area contributed by atoms with Gasteiger partial charge in [0.05, 0.1) is 23.8 Å². The number of ether oxygens (including phenoxy) is 2. The van der Waals surface area contributed by atoms with Crippen LogP contribution in [0.5, 0.6) is 17.6 Å². The van der Waals surface area contributed by atoms with E-state index in [0.29, 0.717) is 22.2 Å². The van der Waals surface area contributed by atoms with E-state index in [1.165, 1.54) is 19.4 Å². The molecule has 0 N–H and O–H groups in total. The minimum Gasteiger partial charge on any atom is -0.481 e. The average Bonchev–Trinajstić information content (AvgIpc) is 2.41. The molecule has 0 atom stereocenters. The van der Waals surface area contributed by atoms with Gasteiger partial charge in [0.2, 0.25) is 5.88 Å². The third-order valence-corrected chi connectivity index (χ3v) is 2.37. The van der Waals surface area contributed by atoms with E-state index in [9.17, 15) is 0 Å². The first-order valence-electron chi connectivity index (χ1n) is 4.97. The number of rotatable bonds is 3. The summed E-state index contributed by atoms with van der Waals surface area (Å²) in [6.45, 7) is 0. The summed E-state index contributed by atoms with van der Waals surface area (Å²) in [6.07, 6.45) is 1.51. The predicted molar refractivity (Wildman–Crippen MR) is 64.8 cm³/mol. The topological polar surface area (TPSA) is 68.0 Å². The lowest BCUT2D eigenvalue weighted by Crippen LogP contribution is -1.94. The number of halogens is 1. The Morgan fingerprint density at radius 2 is 2.17 bits per heavy atom. The number of aromatic nitrogens is 2. The molecule has 0 spiro atoms. The largest absolute Gasteiger partial charge is 0.481 e. The summed E-state index contributed by atoms with van der Waals surface area (Å²) in [5, 5.41) is 9.04. The lowest BCUT2D eigenvalue weighted by Gasteiger charge is -2.06. The molecule has 90 valence electrons. The Bertz CT molecular complexity index is 611. The van der Waals surface area contributed by atoms with Crippen molar-refractivity contribution in [3.8, 4) is 23.7 Å². The quantitative estimate of drug-likeness (QED) is 0.850. The van der Waals surface area contributed by atoms with Crippen LogP contribution in [0.1, 0.15) is 5.56 Å². The molecule has 1 aromatic carbocycles. The van der Waals surface area contributed by atoms with Gasteiger partial charge in [0.25, 0.3) is 0 Å². The Kier molecular flexibility index (Phi) is 3.60. The van der Waals surface area contributed by atoms with Crippen LogP contribution in [0.25, 0.3) is 0 Å². The van der Waals surface area contributed by atoms with Crippen molar-refractivity contribution in [1.29, 1.82) is 5.26 Å². The van der Waals surface area contributed by atoms with E-state index >= 15 is 0 Å². The van der Waals surface area contributed by atoms with Gasteiger partial charge in [-0.2, -0.15) is 10.2 Å². The Labute approximate surface area is 109 Å². The van der Waals surface area contributed by atoms with Crippen molar-refractivity contribution in [2.24, 2.45) is 0 Å². The number of nitriles is 1. The predicted octanol–water partition coefficient (Wildman–Crippen LogP) is 2.80. The first-order chi connectivity index (χ1) is 8.72. The van der Waals surface area contributed by atoms with Crippen LogP contribution in [0.15, 0.2) is 30.5 Å². The average molecular weight is 262 g/mol. The second-order valence-electron chi connectivity index (χ2n) is 3.24. The van der Waals surface area contributed by atoms with Gasteiger partial charge in [-0.15, -0.1) is 0 Å². The first-order valence-corrected chi connectivity index (χ1v) is 5.35. The molecule has 5 nitrogen and oxygen atoms in total. The number of nitrogens with zero attached hydrogens (tertiary/aromatic N) is 3. The van der Waals surface area contributed by atoms with Gasteiger partial charge in [0.1, 0.15) is 5.75 Å². The highest BCUT2D eigenvalue weighted by Crippen LogP contribution is 2.28. The fourth-order valence-corrected chi connectivity index (χ4v) is 1.46. The SMILES string of the molecule is COc1ccnc(Oc2ccc(C#N)cc2Cl)n1. The van der Waals surface area contributed by atoms with Crippen molar-refractivity contribution in [2.45, 2.75) is 0 Å². The summed E-state index contributed by atoms with van der Waals surface area (Å²) in [5.74, 6) is 0.772. The second-order valence-corrected chi connectivity index (χ2v) is 3.65.